The van der Waals surface area contributed by atoms with Crippen LogP contribution in [-0.4, -0.2) is 22.7 Å². The minimum Gasteiger partial charge on any atom is -0.334 e. The van der Waals surface area contributed by atoms with E-state index in [0.29, 0.717) is 0 Å². The van der Waals surface area contributed by atoms with E-state index < -0.39 is 0 Å². The molecule has 6 aromatic heterocycles. The Morgan fingerprint density at radius 1 is 0.714 bits per heavy atom. The first-order valence-corrected chi connectivity index (χ1v) is 19.9. The molecule has 0 aliphatic carbocycles. The second-order valence-corrected chi connectivity index (χ2v) is 18.8. The van der Waals surface area contributed by atoms with Crippen LogP contribution in [0.2, 0.25) is 0 Å². The van der Waals surface area contributed by atoms with Crippen molar-refractivity contribution >= 4 is 120 Å². The fourth-order valence-electron chi connectivity index (χ4n) is 6.20. The largest absolute Gasteiger partial charge is 0.334 e. The van der Waals surface area contributed by atoms with Crippen molar-refractivity contribution in [2.24, 2.45) is 0 Å². The summed E-state index contributed by atoms with van der Waals surface area (Å²) in [6.45, 7) is 10.4. The maximum atomic E-state index is 13.3. The van der Waals surface area contributed by atoms with Crippen molar-refractivity contribution in [2.75, 3.05) is 11.9 Å². The van der Waals surface area contributed by atoms with Crippen molar-refractivity contribution in [3.05, 3.63) is 66.3 Å². The minimum absolute atomic E-state index is 0.208. The van der Waals surface area contributed by atoms with E-state index in [2.05, 4.69) is 80.0 Å². The van der Waals surface area contributed by atoms with Crippen LogP contribution in [-0.2, 0) is 6.54 Å². The highest BCUT2D eigenvalue weighted by molar-refractivity contribution is 9.09. The van der Waals surface area contributed by atoms with Gasteiger partial charge in [0.25, 0.3) is 5.91 Å². The number of carbonyl (C=O) groups excluding carboxylic acids is 1. The predicted molar refractivity (Wildman–Crippen MR) is 195 cm³/mol. The first kappa shape index (κ1) is 27.7. The van der Waals surface area contributed by atoms with Gasteiger partial charge in [0.2, 0.25) is 0 Å². The fourth-order valence-corrected chi connectivity index (χ4v) is 13.6. The molecule has 0 N–H and O–H groups in total. The van der Waals surface area contributed by atoms with Crippen LogP contribution < -0.4 is 0 Å². The van der Waals surface area contributed by atoms with Crippen LogP contribution in [0.1, 0.15) is 41.2 Å². The molecule has 1 amide bonds. The number of carbonyl (C=O) groups is 1. The van der Waals surface area contributed by atoms with Gasteiger partial charge in [-0.15, -0.1) is 68.0 Å². The molecule has 212 valence electrons. The van der Waals surface area contributed by atoms with Gasteiger partial charge in [-0.2, -0.15) is 0 Å². The summed E-state index contributed by atoms with van der Waals surface area (Å²) < 4.78 is 4.06. The first-order chi connectivity index (χ1) is 20.3. The van der Waals surface area contributed by atoms with Gasteiger partial charge in [-0.05, 0) is 70.5 Å². The molecule has 0 saturated carbocycles. The van der Waals surface area contributed by atoms with Gasteiger partial charge in [0, 0.05) is 94.8 Å². The van der Waals surface area contributed by atoms with Crippen LogP contribution in [0.5, 0.6) is 0 Å². The predicted octanol–water partition coefficient (Wildman–Crippen LogP) is 12.5. The number of benzene rings is 1. The van der Waals surface area contributed by atoms with Gasteiger partial charge >= 0.3 is 0 Å². The first-order valence-electron chi connectivity index (χ1n) is 13.9. The second-order valence-electron chi connectivity index (χ2n) is 10.9. The highest BCUT2D eigenvalue weighted by atomic mass is 79.9. The molecule has 0 spiro atoms. The average Bonchev–Trinajstić information content (AvgIpc) is 3.79. The summed E-state index contributed by atoms with van der Waals surface area (Å²) >= 11 is 14.8. The van der Waals surface area contributed by atoms with Gasteiger partial charge in [0.15, 0.2) is 0 Å². The third-order valence-corrected chi connectivity index (χ3v) is 15.5. The standard InChI is InChI=1S/C33H26BrNOS6/c1-15-6-8-22(37-15)26-19-12-17(3)39-28(19)27(23-9-7-16(2)38-23)20-13-24(41-29(20)26)31-32-25(18(4)40-31)21-14-35(11-5-10-34)33(36)30(21)42-32/h6-9,12-13H,5,10-11,14H2,1-4H3. The molecule has 8 rings (SSSR count). The van der Waals surface area contributed by atoms with E-state index in [0.717, 1.165) is 29.7 Å². The molecule has 0 radical (unpaired) electrons. The lowest BCUT2D eigenvalue weighted by Gasteiger charge is -2.14. The second kappa shape index (κ2) is 10.4. The number of hydrogen-bond donors (Lipinski definition) is 0. The van der Waals surface area contributed by atoms with E-state index in [1.807, 2.05) is 61.6 Å². The normalized spacial score (nSPS) is 13.5. The van der Waals surface area contributed by atoms with Crippen molar-refractivity contribution in [2.45, 2.75) is 40.7 Å². The number of amides is 1. The van der Waals surface area contributed by atoms with Gasteiger partial charge in [0.1, 0.15) is 0 Å². The zero-order chi connectivity index (χ0) is 28.9. The summed E-state index contributed by atoms with van der Waals surface area (Å²) in [5, 5.41) is 4.97. The van der Waals surface area contributed by atoms with E-state index in [1.54, 1.807) is 11.3 Å². The van der Waals surface area contributed by atoms with Gasteiger partial charge in [-0.3, -0.25) is 4.79 Å². The van der Waals surface area contributed by atoms with E-state index in [9.17, 15) is 4.79 Å². The molecule has 1 aliphatic rings. The lowest BCUT2D eigenvalue weighted by molar-refractivity contribution is 0.0782. The Balaban J connectivity index is 1.39. The summed E-state index contributed by atoms with van der Waals surface area (Å²) in [7, 11) is 0. The van der Waals surface area contributed by atoms with Crippen LogP contribution in [0.4, 0.5) is 0 Å². The van der Waals surface area contributed by atoms with Crippen molar-refractivity contribution in [3.63, 3.8) is 0 Å². The third kappa shape index (κ3) is 4.19. The lowest BCUT2D eigenvalue weighted by atomic mass is 9.99. The van der Waals surface area contributed by atoms with Gasteiger partial charge in [-0.1, -0.05) is 15.9 Å². The third-order valence-electron chi connectivity index (χ3n) is 7.99. The molecule has 0 unspecified atom stereocenters. The van der Waals surface area contributed by atoms with Crippen LogP contribution in [0.25, 0.3) is 60.9 Å². The van der Waals surface area contributed by atoms with Crippen molar-refractivity contribution in [1.29, 1.82) is 0 Å². The Kier molecular flexibility index (Phi) is 6.83. The number of halogens is 1. The van der Waals surface area contributed by atoms with E-state index >= 15 is 0 Å². The Morgan fingerprint density at radius 2 is 1.38 bits per heavy atom. The minimum atomic E-state index is 0.208. The van der Waals surface area contributed by atoms with Crippen molar-refractivity contribution < 1.29 is 4.79 Å². The molecule has 42 heavy (non-hydrogen) atoms. The molecule has 1 aromatic carbocycles. The molecular formula is C33H26BrNOS6. The van der Waals surface area contributed by atoms with Crippen molar-refractivity contribution in [1.82, 2.24) is 4.90 Å². The number of aryl methyl sites for hydroxylation is 4. The van der Waals surface area contributed by atoms with Crippen LogP contribution >= 0.6 is 84.0 Å². The number of fused-ring (bicyclic) bond motifs is 5. The zero-order valence-corrected chi connectivity index (χ0v) is 30.0. The molecule has 0 bridgehead atoms. The summed E-state index contributed by atoms with van der Waals surface area (Å²) in [5.74, 6) is 0.208. The number of thiophene rings is 6. The molecule has 9 heteroatoms. The lowest BCUT2D eigenvalue weighted by Crippen LogP contribution is -2.25. The molecule has 1 aliphatic heterocycles. The van der Waals surface area contributed by atoms with Gasteiger partial charge in [-0.25, -0.2) is 0 Å². The molecule has 7 heterocycles. The number of nitrogens with zero attached hydrogens (tertiary/aromatic N) is 1. The summed E-state index contributed by atoms with van der Waals surface area (Å²) in [6.07, 6.45) is 0.981. The molecule has 2 nitrogen and oxygen atoms in total. The van der Waals surface area contributed by atoms with E-state index in [-0.39, 0.29) is 5.91 Å². The number of hydrogen-bond acceptors (Lipinski definition) is 7. The highest BCUT2D eigenvalue weighted by Crippen LogP contribution is 2.55. The molecule has 0 atom stereocenters. The Morgan fingerprint density at radius 3 is 2.02 bits per heavy atom. The zero-order valence-electron chi connectivity index (χ0n) is 23.5. The number of alkyl halides is 1. The van der Waals surface area contributed by atoms with E-state index in [1.165, 1.54) is 86.0 Å². The SMILES string of the molecule is Cc1ccc(-c2c3cc(-c4sc(C)c5c6c(sc45)C(=O)N(CCCBr)C6)sc3c(-c3ccc(C)s3)c3cc(C)sc23)s1. The maximum Gasteiger partial charge on any atom is 0.264 e. The van der Waals surface area contributed by atoms with Crippen LogP contribution in [0.3, 0.4) is 0 Å². The van der Waals surface area contributed by atoms with Crippen molar-refractivity contribution in [3.8, 4) is 30.6 Å². The average molecular weight is 725 g/mol. The summed E-state index contributed by atoms with van der Waals surface area (Å²) in [4.78, 5) is 27.0. The topological polar surface area (TPSA) is 20.3 Å². The van der Waals surface area contributed by atoms with Gasteiger partial charge < -0.3 is 4.90 Å². The maximum absolute atomic E-state index is 13.3. The molecule has 7 aromatic rings. The Bertz CT molecular complexity index is 2100. The van der Waals surface area contributed by atoms with Crippen LogP contribution in [0, 0.1) is 27.7 Å². The molecule has 0 fully saturated rings. The summed E-state index contributed by atoms with van der Waals surface area (Å²) in [5.41, 5.74) is 4.01. The molecule has 0 saturated heterocycles. The smallest absolute Gasteiger partial charge is 0.264 e. The molecular weight excluding hydrogens is 699 g/mol. The van der Waals surface area contributed by atoms with Crippen LogP contribution in [0.15, 0.2) is 36.4 Å². The monoisotopic (exact) mass is 723 g/mol. The van der Waals surface area contributed by atoms with E-state index in [4.69, 9.17) is 0 Å². The highest BCUT2D eigenvalue weighted by Gasteiger charge is 2.34. The fraction of sp³-hybridized carbons (Fsp3) is 0.242. The quantitative estimate of drug-likeness (QED) is 0.156. The Hall–Kier alpha value is -1.85. The number of rotatable bonds is 6. The summed E-state index contributed by atoms with van der Waals surface area (Å²) in [6, 6.07) is 14.0. The Labute approximate surface area is 277 Å². The van der Waals surface area contributed by atoms with Gasteiger partial charge in [0.05, 0.1) is 14.5 Å².